The Morgan fingerprint density at radius 3 is 2.59 bits per heavy atom. The molecule has 0 radical (unpaired) electrons. The molecular weight excluding hydrogens is 340 g/mol. The molecule has 0 unspecified atom stereocenters. The van der Waals surface area contributed by atoms with E-state index >= 15 is 0 Å². The first-order valence-electron chi connectivity index (χ1n) is 9.48. The lowest BCUT2D eigenvalue weighted by molar-refractivity contribution is 0.0627. The maximum absolute atomic E-state index is 12.8. The van der Waals surface area contributed by atoms with Gasteiger partial charge in [-0.3, -0.25) is 14.7 Å². The highest BCUT2D eigenvalue weighted by atomic mass is 16.2. The van der Waals surface area contributed by atoms with Gasteiger partial charge in [-0.15, -0.1) is 0 Å². The standard InChI is InChI=1S/C20H24N6O/c1-2-19-21-7-8-25(19)12-9-24-10-13-26(14-11-24)20(27)18-15-22-16-5-3-4-6-17(16)23-18/h3-8,15H,2,9-14H2,1H3. The third-order valence-corrected chi connectivity index (χ3v) is 5.10. The van der Waals surface area contributed by atoms with Gasteiger partial charge in [-0.2, -0.15) is 0 Å². The molecule has 1 fully saturated rings. The van der Waals surface area contributed by atoms with Crippen molar-refractivity contribution in [1.82, 2.24) is 29.3 Å². The van der Waals surface area contributed by atoms with Crippen LogP contribution in [-0.2, 0) is 13.0 Å². The van der Waals surface area contributed by atoms with E-state index in [-0.39, 0.29) is 5.91 Å². The van der Waals surface area contributed by atoms with Crippen molar-refractivity contribution in [1.29, 1.82) is 0 Å². The fourth-order valence-electron chi connectivity index (χ4n) is 3.50. The lowest BCUT2D eigenvalue weighted by Crippen LogP contribution is -2.49. The molecule has 1 aromatic carbocycles. The summed E-state index contributed by atoms with van der Waals surface area (Å²) in [6.45, 7) is 7.23. The van der Waals surface area contributed by atoms with Crippen molar-refractivity contribution in [2.75, 3.05) is 32.7 Å². The molecule has 2 aromatic heterocycles. The number of para-hydroxylation sites is 2. The third-order valence-electron chi connectivity index (χ3n) is 5.10. The van der Waals surface area contributed by atoms with Crippen LogP contribution in [0.2, 0.25) is 0 Å². The predicted octanol–water partition coefficient (Wildman–Crippen LogP) is 1.85. The first-order chi connectivity index (χ1) is 13.2. The molecule has 7 nitrogen and oxygen atoms in total. The number of piperazine rings is 1. The molecule has 4 rings (SSSR count). The van der Waals surface area contributed by atoms with Gasteiger partial charge in [0.1, 0.15) is 11.5 Å². The van der Waals surface area contributed by atoms with E-state index < -0.39 is 0 Å². The highest BCUT2D eigenvalue weighted by molar-refractivity contribution is 5.93. The van der Waals surface area contributed by atoms with Gasteiger partial charge in [0.25, 0.3) is 5.91 Å². The van der Waals surface area contributed by atoms with E-state index in [0.717, 1.165) is 62.5 Å². The molecule has 0 aliphatic carbocycles. The summed E-state index contributed by atoms with van der Waals surface area (Å²) in [5.74, 6) is 1.09. The highest BCUT2D eigenvalue weighted by Crippen LogP contribution is 2.12. The molecule has 0 N–H and O–H groups in total. The molecule has 27 heavy (non-hydrogen) atoms. The van der Waals surface area contributed by atoms with E-state index in [2.05, 4.69) is 31.3 Å². The zero-order chi connectivity index (χ0) is 18.6. The minimum absolute atomic E-state index is 0.0317. The van der Waals surface area contributed by atoms with Crippen molar-refractivity contribution in [3.8, 4) is 0 Å². The Bertz CT molecular complexity index is 929. The molecule has 1 aliphatic rings. The summed E-state index contributed by atoms with van der Waals surface area (Å²) in [6.07, 6.45) is 6.43. The Morgan fingerprint density at radius 1 is 1.04 bits per heavy atom. The summed E-state index contributed by atoms with van der Waals surface area (Å²) in [7, 11) is 0. The van der Waals surface area contributed by atoms with Crippen molar-refractivity contribution in [3.63, 3.8) is 0 Å². The summed E-state index contributed by atoms with van der Waals surface area (Å²) < 4.78 is 2.21. The van der Waals surface area contributed by atoms with Crippen LogP contribution in [0.25, 0.3) is 11.0 Å². The molecule has 0 atom stereocenters. The van der Waals surface area contributed by atoms with E-state index in [0.29, 0.717) is 5.69 Å². The Morgan fingerprint density at radius 2 is 1.81 bits per heavy atom. The van der Waals surface area contributed by atoms with Crippen molar-refractivity contribution < 1.29 is 4.79 Å². The molecule has 0 bridgehead atoms. The zero-order valence-corrected chi connectivity index (χ0v) is 15.6. The van der Waals surface area contributed by atoms with Crippen LogP contribution in [0.4, 0.5) is 0 Å². The molecule has 3 aromatic rings. The topological polar surface area (TPSA) is 67.2 Å². The van der Waals surface area contributed by atoms with Crippen molar-refractivity contribution in [3.05, 3.63) is 54.4 Å². The monoisotopic (exact) mass is 364 g/mol. The summed E-state index contributed by atoms with van der Waals surface area (Å²) in [6, 6.07) is 7.62. The van der Waals surface area contributed by atoms with Gasteiger partial charge in [0, 0.05) is 58.1 Å². The average molecular weight is 364 g/mol. The quantitative estimate of drug-likeness (QED) is 0.691. The van der Waals surface area contributed by atoms with E-state index in [1.165, 1.54) is 0 Å². The number of hydrogen-bond acceptors (Lipinski definition) is 5. The number of rotatable bonds is 5. The van der Waals surface area contributed by atoms with Crippen LogP contribution < -0.4 is 0 Å². The van der Waals surface area contributed by atoms with Crippen LogP contribution in [0.3, 0.4) is 0 Å². The molecule has 0 spiro atoms. The normalized spacial score (nSPS) is 15.4. The van der Waals surface area contributed by atoms with Crippen LogP contribution in [0.5, 0.6) is 0 Å². The van der Waals surface area contributed by atoms with Crippen molar-refractivity contribution in [2.24, 2.45) is 0 Å². The van der Waals surface area contributed by atoms with Crippen LogP contribution in [0.15, 0.2) is 42.9 Å². The van der Waals surface area contributed by atoms with E-state index in [9.17, 15) is 4.79 Å². The number of nitrogens with zero attached hydrogens (tertiary/aromatic N) is 6. The minimum atomic E-state index is -0.0317. The first-order valence-corrected chi connectivity index (χ1v) is 9.48. The van der Waals surface area contributed by atoms with Gasteiger partial charge >= 0.3 is 0 Å². The number of hydrogen-bond donors (Lipinski definition) is 0. The number of aromatic nitrogens is 4. The number of benzene rings is 1. The second-order valence-corrected chi connectivity index (χ2v) is 6.77. The zero-order valence-electron chi connectivity index (χ0n) is 15.6. The van der Waals surface area contributed by atoms with Gasteiger partial charge in [-0.1, -0.05) is 19.1 Å². The molecule has 3 heterocycles. The number of carbonyl (C=O) groups is 1. The molecule has 0 saturated carbocycles. The fourth-order valence-corrected chi connectivity index (χ4v) is 3.50. The Hall–Kier alpha value is -2.80. The third kappa shape index (κ3) is 3.83. The fraction of sp³-hybridized carbons (Fsp3) is 0.400. The van der Waals surface area contributed by atoms with Gasteiger partial charge in [0.05, 0.1) is 17.2 Å². The maximum atomic E-state index is 12.8. The van der Waals surface area contributed by atoms with Gasteiger partial charge in [-0.05, 0) is 12.1 Å². The maximum Gasteiger partial charge on any atom is 0.274 e. The second kappa shape index (κ2) is 7.84. The summed E-state index contributed by atoms with van der Waals surface area (Å²) in [5.41, 5.74) is 1.99. The number of carbonyl (C=O) groups excluding carboxylic acids is 1. The number of amides is 1. The van der Waals surface area contributed by atoms with Crippen molar-refractivity contribution >= 4 is 16.9 Å². The van der Waals surface area contributed by atoms with Crippen LogP contribution in [-0.4, -0.2) is 67.9 Å². The first kappa shape index (κ1) is 17.6. The Labute approximate surface area is 158 Å². The number of fused-ring (bicyclic) bond motifs is 1. The predicted molar refractivity (Wildman–Crippen MR) is 103 cm³/mol. The second-order valence-electron chi connectivity index (χ2n) is 6.77. The summed E-state index contributed by atoms with van der Waals surface area (Å²) in [4.78, 5) is 30.3. The summed E-state index contributed by atoms with van der Waals surface area (Å²) in [5, 5.41) is 0. The van der Waals surface area contributed by atoms with Crippen LogP contribution >= 0.6 is 0 Å². The van der Waals surface area contributed by atoms with Crippen LogP contribution in [0.1, 0.15) is 23.2 Å². The van der Waals surface area contributed by atoms with Crippen LogP contribution in [0, 0.1) is 0 Å². The smallest absolute Gasteiger partial charge is 0.274 e. The Balaban J connectivity index is 1.33. The van der Waals surface area contributed by atoms with Crippen molar-refractivity contribution in [2.45, 2.75) is 19.9 Å². The number of imidazole rings is 1. The van der Waals surface area contributed by atoms with E-state index in [4.69, 9.17) is 0 Å². The summed E-state index contributed by atoms with van der Waals surface area (Å²) >= 11 is 0. The van der Waals surface area contributed by atoms with Gasteiger partial charge in [-0.25, -0.2) is 9.97 Å². The van der Waals surface area contributed by atoms with E-state index in [1.54, 1.807) is 6.20 Å². The average Bonchev–Trinajstić information content (AvgIpc) is 3.19. The molecule has 1 amide bonds. The molecule has 1 saturated heterocycles. The largest absolute Gasteiger partial charge is 0.335 e. The lowest BCUT2D eigenvalue weighted by Gasteiger charge is -2.34. The molecule has 140 valence electrons. The molecular formula is C20H24N6O. The van der Waals surface area contributed by atoms with E-state index in [1.807, 2.05) is 41.6 Å². The Kier molecular flexibility index (Phi) is 5.11. The molecule has 1 aliphatic heterocycles. The molecule has 7 heteroatoms. The van der Waals surface area contributed by atoms with Gasteiger partial charge < -0.3 is 9.47 Å². The minimum Gasteiger partial charge on any atom is -0.335 e. The lowest BCUT2D eigenvalue weighted by atomic mass is 10.2. The van der Waals surface area contributed by atoms with Gasteiger partial charge in [0.15, 0.2) is 0 Å². The SMILES string of the molecule is CCc1nccn1CCN1CCN(C(=O)c2cnc3ccccc3n2)CC1. The van der Waals surface area contributed by atoms with Gasteiger partial charge in [0.2, 0.25) is 0 Å². The number of aryl methyl sites for hydroxylation is 1. The highest BCUT2D eigenvalue weighted by Gasteiger charge is 2.23.